The van der Waals surface area contributed by atoms with Gasteiger partial charge in [0.1, 0.15) is 5.02 Å². The van der Waals surface area contributed by atoms with Gasteiger partial charge in [-0.2, -0.15) is 0 Å². The summed E-state index contributed by atoms with van der Waals surface area (Å²) in [6, 6.07) is 16.8. The molecular formula is C34H40ClNO9S2. The lowest BCUT2D eigenvalue weighted by atomic mass is 9.89. The molecule has 0 saturated carbocycles. The second-order valence-electron chi connectivity index (χ2n) is 12.5. The molecule has 1 saturated heterocycles. The van der Waals surface area contributed by atoms with Crippen molar-refractivity contribution in [2.45, 2.75) is 65.2 Å². The van der Waals surface area contributed by atoms with Crippen LogP contribution >= 0.6 is 22.9 Å². The molecule has 0 aliphatic carbocycles. The number of esters is 3. The van der Waals surface area contributed by atoms with Gasteiger partial charge < -0.3 is 18.9 Å². The van der Waals surface area contributed by atoms with Crippen LogP contribution in [-0.4, -0.2) is 63.2 Å². The third kappa shape index (κ3) is 9.79. The molecule has 2 aromatic carbocycles. The van der Waals surface area contributed by atoms with Gasteiger partial charge in [0.15, 0.2) is 17.2 Å². The molecule has 0 N–H and O–H groups in total. The van der Waals surface area contributed by atoms with E-state index in [0.29, 0.717) is 36.4 Å². The number of nitrogens with zero attached hydrogens (tertiary/aromatic N) is 1. The molecule has 1 aliphatic heterocycles. The summed E-state index contributed by atoms with van der Waals surface area (Å²) in [6.07, 6.45) is 0.930. The highest BCUT2D eigenvalue weighted by Crippen LogP contribution is 2.46. The molecule has 4 rings (SSSR count). The zero-order chi connectivity index (χ0) is 34.4. The summed E-state index contributed by atoms with van der Waals surface area (Å²) in [7, 11) is -3.45. The number of hydrogen-bond acceptors (Lipinski definition) is 10. The van der Waals surface area contributed by atoms with Gasteiger partial charge in [-0.05, 0) is 70.1 Å². The van der Waals surface area contributed by atoms with Crippen LogP contribution in [0.3, 0.4) is 0 Å². The molecule has 0 atom stereocenters. The van der Waals surface area contributed by atoms with E-state index in [2.05, 4.69) is 0 Å². The smallest absolute Gasteiger partial charge is 0.355 e. The fourth-order valence-corrected chi connectivity index (χ4v) is 7.99. The molecule has 13 heteroatoms. The Labute approximate surface area is 285 Å². The Morgan fingerprint density at radius 2 is 1.68 bits per heavy atom. The molecule has 10 nitrogen and oxygen atoms in total. The SMILES string of the molecule is CC(C)OC(=O)COc1c(C(=O)OCOC(=O)C(C)(C)C)sc(-c2cccc(C3CCN(S(=O)(=O)Cc4ccccc4)CC3)c2)c1Cl. The number of piperidine rings is 1. The third-order valence-corrected chi connectivity index (χ3v) is 10.9. The summed E-state index contributed by atoms with van der Waals surface area (Å²) in [5.74, 6) is -1.98. The summed E-state index contributed by atoms with van der Waals surface area (Å²) in [5, 5.41) is 0.116. The van der Waals surface area contributed by atoms with E-state index in [9.17, 15) is 22.8 Å². The van der Waals surface area contributed by atoms with Gasteiger partial charge in [0.25, 0.3) is 0 Å². The number of thiophene rings is 1. The summed E-state index contributed by atoms with van der Waals surface area (Å²) in [5.41, 5.74) is 1.69. The average molecular weight is 706 g/mol. The van der Waals surface area contributed by atoms with E-state index in [0.717, 1.165) is 22.5 Å². The highest BCUT2D eigenvalue weighted by atomic mass is 35.5. The number of sulfonamides is 1. The molecule has 254 valence electrons. The lowest BCUT2D eigenvalue weighted by Gasteiger charge is -2.31. The van der Waals surface area contributed by atoms with Crippen LogP contribution < -0.4 is 4.74 Å². The van der Waals surface area contributed by atoms with Crippen LogP contribution in [0.1, 0.15) is 74.2 Å². The molecular weight excluding hydrogens is 666 g/mol. The van der Waals surface area contributed by atoms with Gasteiger partial charge >= 0.3 is 17.9 Å². The van der Waals surface area contributed by atoms with Crippen molar-refractivity contribution in [1.82, 2.24) is 4.31 Å². The zero-order valence-electron chi connectivity index (χ0n) is 27.1. The Bertz CT molecular complexity index is 1670. The molecule has 1 aliphatic rings. The Morgan fingerprint density at radius 1 is 1.00 bits per heavy atom. The summed E-state index contributed by atoms with van der Waals surface area (Å²) in [6.45, 7) is 8.16. The first kappa shape index (κ1) is 36.4. The molecule has 1 fully saturated rings. The van der Waals surface area contributed by atoms with Gasteiger partial charge in [0.05, 0.1) is 22.1 Å². The van der Waals surface area contributed by atoms with Crippen molar-refractivity contribution in [3.63, 3.8) is 0 Å². The summed E-state index contributed by atoms with van der Waals surface area (Å²) < 4.78 is 48.8. The van der Waals surface area contributed by atoms with Gasteiger partial charge in [-0.25, -0.2) is 22.3 Å². The van der Waals surface area contributed by atoms with Gasteiger partial charge in [0, 0.05) is 13.1 Å². The van der Waals surface area contributed by atoms with Crippen molar-refractivity contribution < 1.29 is 41.7 Å². The van der Waals surface area contributed by atoms with Gasteiger partial charge in [-0.15, -0.1) is 11.3 Å². The maximum absolute atomic E-state index is 13.1. The molecule has 3 aromatic rings. The topological polar surface area (TPSA) is 126 Å². The van der Waals surface area contributed by atoms with E-state index in [1.807, 2.05) is 54.6 Å². The fourth-order valence-electron chi connectivity index (χ4n) is 4.97. The van der Waals surface area contributed by atoms with Gasteiger partial charge in [-0.1, -0.05) is 66.2 Å². The molecule has 0 radical (unpaired) electrons. The van der Waals surface area contributed by atoms with Crippen molar-refractivity contribution in [3.8, 4) is 16.2 Å². The highest BCUT2D eigenvalue weighted by molar-refractivity contribution is 7.88. The number of benzene rings is 2. The Hall–Kier alpha value is -3.45. The zero-order valence-corrected chi connectivity index (χ0v) is 29.5. The van der Waals surface area contributed by atoms with Gasteiger partial charge in [0.2, 0.25) is 16.8 Å². The lowest BCUT2D eigenvalue weighted by Crippen LogP contribution is -2.38. The van der Waals surface area contributed by atoms with E-state index in [4.69, 9.17) is 30.5 Å². The molecule has 2 heterocycles. The average Bonchev–Trinajstić information content (AvgIpc) is 3.35. The second kappa shape index (κ2) is 15.6. The standard InChI is InChI=1S/C34H40ClNO9S2/c1-22(2)45-27(37)19-42-29-28(35)30(46-31(29)32(38)43-21-44-33(39)34(3,4)5)26-13-9-12-25(18-26)24-14-16-36(17-15-24)47(40,41)20-23-10-7-6-8-11-23/h6-13,18,22,24H,14-17,19-21H2,1-5H3. The number of ether oxygens (including phenoxy) is 4. The molecule has 0 spiro atoms. The predicted molar refractivity (Wildman–Crippen MR) is 180 cm³/mol. The molecule has 0 amide bonds. The minimum absolute atomic E-state index is 0.00325. The van der Waals surface area contributed by atoms with Crippen LogP contribution in [0.5, 0.6) is 5.75 Å². The monoisotopic (exact) mass is 705 g/mol. The fraction of sp³-hybridized carbons (Fsp3) is 0.441. The summed E-state index contributed by atoms with van der Waals surface area (Å²) >= 11 is 7.81. The summed E-state index contributed by atoms with van der Waals surface area (Å²) in [4.78, 5) is 38.0. The van der Waals surface area contributed by atoms with Crippen LogP contribution in [0, 0.1) is 5.41 Å². The largest absolute Gasteiger partial charge is 0.479 e. The Kier molecular flexibility index (Phi) is 12.1. The van der Waals surface area contributed by atoms with E-state index in [1.54, 1.807) is 38.9 Å². The third-order valence-electron chi connectivity index (χ3n) is 7.35. The van der Waals surface area contributed by atoms with Crippen molar-refractivity contribution in [2.75, 3.05) is 26.5 Å². The van der Waals surface area contributed by atoms with Gasteiger partial charge in [-0.3, -0.25) is 4.79 Å². The first-order valence-corrected chi connectivity index (χ1v) is 18.1. The van der Waals surface area contributed by atoms with E-state index < -0.39 is 46.7 Å². The van der Waals surface area contributed by atoms with Crippen LogP contribution in [0.15, 0.2) is 54.6 Å². The van der Waals surface area contributed by atoms with Crippen molar-refractivity contribution in [1.29, 1.82) is 0 Å². The molecule has 1 aromatic heterocycles. The minimum atomic E-state index is -3.45. The van der Waals surface area contributed by atoms with Crippen LogP contribution in [0.25, 0.3) is 10.4 Å². The Balaban J connectivity index is 1.52. The quantitative estimate of drug-likeness (QED) is 0.148. The van der Waals surface area contributed by atoms with E-state index in [1.165, 1.54) is 0 Å². The number of rotatable bonds is 12. The van der Waals surface area contributed by atoms with Crippen molar-refractivity contribution in [3.05, 3.63) is 75.6 Å². The number of halogens is 1. The van der Waals surface area contributed by atoms with Crippen LogP contribution in [-0.2, 0) is 39.6 Å². The lowest BCUT2D eigenvalue weighted by molar-refractivity contribution is -0.161. The van der Waals surface area contributed by atoms with Crippen molar-refractivity contribution in [2.24, 2.45) is 5.41 Å². The minimum Gasteiger partial charge on any atom is -0.479 e. The van der Waals surface area contributed by atoms with E-state index in [-0.39, 0.29) is 33.4 Å². The normalized spacial score (nSPS) is 14.5. The first-order chi connectivity index (χ1) is 22.2. The Morgan fingerprint density at radius 3 is 2.32 bits per heavy atom. The molecule has 0 unspecified atom stereocenters. The number of carbonyl (C=O) groups excluding carboxylic acids is 3. The number of carbonyl (C=O) groups is 3. The van der Waals surface area contributed by atoms with Crippen LogP contribution in [0.2, 0.25) is 5.02 Å². The van der Waals surface area contributed by atoms with Crippen molar-refractivity contribution >= 4 is 50.9 Å². The highest BCUT2D eigenvalue weighted by Gasteiger charge is 2.31. The van der Waals surface area contributed by atoms with E-state index >= 15 is 0 Å². The van der Waals surface area contributed by atoms with Crippen LogP contribution in [0.4, 0.5) is 0 Å². The number of hydrogen-bond donors (Lipinski definition) is 0. The maximum Gasteiger partial charge on any atom is 0.355 e. The maximum atomic E-state index is 13.1. The second-order valence-corrected chi connectivity index (χ2v) is 15.9. The molecule has 0 bridgehead atoms. The molecule has 47 heavy (non-hydrogen) atoms. The first-order valence-electron chi connectivity index (χ1n) is 15.3. The predicted octanol–water partition coefficient (Wildman–Crippen LogP) is 6.81.